The molecule has 0 saturated heterocycles. The van der Waals surface area contributed by atoms with Crippen LogP contribution >= 0.6 is 21.6 Å². The third-order valence-corrected chi connectivity index (χ3v) is 7.92. The minimum absolute atomic E-state index is 0.0641. The maximum absolute atomic E-state index is 11.9. The van der Waals surface area contributed by atoms with Crippen LogP contribution in [-0.4, -0.2) is 54.5 Å². The molecule has 3 amide bonds. The van der Waals surface area contributed by atoms with Gasteiger partial charge < -0.3 is 21.5 Å². The number of amides is 3. The summed E-state index contributed by atoms with van der Waals surface area (Å²) in [7, 11) is 3.41. The fourth-order valence-electron chi connectivity index (χ4n) is 3.15. The molecule has 0 fully saturated rings. The van der Waals surface area contributed by atoms with Crippen LogP contribution in [-0.2, 0) is 14.4 Å². The number of aliphatic hydroxyl groups excluding tert-OH is 1. The van der Waals surface area contributed by atoms with E-state index in [0.29, 0.717) is 32.4 Å². The summed E-state index contributed by atoms with van der Waals surface area (Å²) >= 11 is 0. The van der Waals surface area contributed by atoms with E-state index in [1.54, 1.807) is 21.6 Å². The van der Waals surface area contributed by atoms with Gasteiger partial charge >= 0.3 is 0 Å². The van der Waals surface area contributed by atoms with Gasteiger partial charge in [-0.2, -0.15) is 0 Å². The number of primary amides is 1. The molecule has 0 bridgehead atoms. The molecule has 0 radical (unpaired) electrons. The number of hydrogen-bond acceptors (Lipinski definition) is 6. The Morgan fingerprint density at radius 3 is 1.79 bits per heavy atom. The molecule has 238 valence electrons. The zero-order valence-electron chi connectivity index (χ0n) is 26.0. The maximum atomic E-state index is 11.9. The minimum atomic E-state index is -0.116. The number of nitrogens with two attached hydrogens (primary N) is 1. The largest absolute Gasteiger partial charge is 0.396 e. The van der Waals surface area contributed by atoms with Crippen molar-refractivity contribution in [1.29, 1.82) is 0 Å². The monoisotopic (exact) mass is 621 g/mol. The highest BCUT2D eigenvalue weighted by Crippen LogP contribution is 2.22. The average molecular weight is 622 g/mol. The van der Waals surface area contributed by atoms with Crippen molar-refractivity contribution in [2.45, 2.75) is 85.0 Å². The van der Waals surface area contributed by atoms with Gasteiger partial charge in [-0.3, -0.25) is 14.4 Å². The molecule has 42 heavy (non-hydrogen) atoms. The van der Waals surface area contributed by atoms with Crippen LogP contribution in [0.2, 0.25) is 0 Å². The fraction of sp³-hybridized carbons (Fsp3) is 0.576. The Labute approximate surface area is 263 Å². The molecule has 0 aliphatic rings. The lowest BCUT2D eigenvalue weighted by Gasteiger charge is -2.20. The molecule has 0 saturated carbocycles. The molecule has 5 N–H and O–H groups in total. The standard InChI is InChI=1S/C32H52N2O3S2.CH3NO/c1-4-5-6-7-8-9-10-11-12-13-14-15-16-17-18-19-20-22-30(36)33-25-27-38-39-28-26-34-31(37)23-21-24-32(2,3)29-35;2-1-3/h5-6,8-9,11-12,14-15,17,19,35H,4,7,10,13,16,20-29H2,1-3H3,(H,33,36)(H,34,37);1H,(H2,2,3)/b6-5-,9-8-,12-11-,15-14-;. The second-order valence-corrected chi connectivity index (χ2v) is 12.7. The lowest BCUT2D eigenvalue weighted by atomic mass is 9.88. The minimum Gasteiger partial charge on any atom is -0.396 e. The van der Waals surface area contributed by atoms with Crippen LogP contribution in [0.1, 0.15) is 85.0 Å². The molecule has 0 aliphatic heterocycles. The highest BCUT2D eigenvalue weighted by atomic mass is 33.1. The molecule has 0 aromatic rings. The zero-order chi connectivity index (χ0) is 31.6. The van der Waals surface area contributed by atoms with Crippen molar-refractivity contribution >= 4 is 39.8 Å². The Bertz CT molecular complexity index is 861. The van der Waals surface area contributed by atoms with Gasteiger partial charge in [0, 0.05) is 44.0 Å². The topological polar surface area (TPSA) is 122 Å². The third kappa shape index (κ3) is 35.6. The van der Waals surface area contributed by atoms with Gasteiger partial charge in [0.1, 0.15) is 0 Å². The van der Waals surface area contributed by atoms with Gasteiger partial charge in [-0.25, -0.2) is 0 Å². The molecular weight excluding hydrogens is 567 g/mol. The summed E-state index contributed by atoms with van der Waals surface area (Å²) in [5.41, 5.74) is 7.19. The van der Waals surface area contributed by atoms with Crippen molar-refractivity contribution in [2.75, 3.05) is 31.2 Å². The molecule has 0 aromatic carbocycles. The molecule has 7 nitrogen and oxygen atoms in total. The van der Waals surface area contributed by atoms with Crippen molar-refractivity contribution in [3.05, 3.63) is 66.5 Å². The summed E-state index contributed by atoms with van der Waals surface area (Å²) in [6.07, 6.45) is 29.8. The van der Waals surface area contributed by atoms with Crippen LogP contribution in [0.3, 0.4) is 0 Å². The quantitative estimate of drug-likeness (QED) is 0.0318. The van der Waals surface area contributed by atoms with E-state index in [9.17, 15) is 14.7 Å². The molecule has 0 rings (SSSR count). The number of aliphatic hydroxyl groups is 1. The average Bonchev–Trinajstić information content (AvgIpc) is 2.96. The number of carbonyl (C=O) groups excluding carboxylic acids is 3. The van der Waals surface area contributed by atoms with E-state index in [1.807, 2.05) is 26.0 Å². The summed E-state index contributed by atoms with van der Waals surface area (Å²) < 4.78 is 0. The van der Waals surface area contributed by atoms with Crippen LogP contribution in [0.25, 0.3) is 0 Å². The van der Waals surface area contributed by atoms with Gasteiger partial charge in [-0.05, 0) is 68.9 Å². The molecular formula is C33H55N3O4S2. The molecule has 0 atom stereocenters. The van der Waals surface area contributed by atoms with Gasteiger partial charge in [0.05, 0.1) is 0 Å². The Balaban J connectivity index is 0. The SMILES string of the molecule is CC/C=C\C/C=C\C/C=C\C/C=C\CC=C=CCCC(=O)NCCSSCCNC(=O)CCCC(C)(C)CO.NC=O. The lowest BCUT2D eigenvalue weighted by Crippen LogP contribution is -2.26. The predicted octanol–water partition coefficient (Wildman–Crippen LogP) is 6.58. The second kappa shape index (κ2) is 33.1. The number of rotatable bonds is 24. The number of allylic oxidation sites excluding steroid dienone is 9. The van der Waals surface area contributed by atoms with E-state index < -0.39 is 0 Å². The second-order valence-electron chi connectivity index (χ2n) is 10.0. The molecule has 0 unspecified atom stereocenters. The Morgan fingerprint density at radius 1 is 0.810 bits per heavy atom. The summed E-state index contributed by atoms with van der Waals surface area (Å²) in [6, 6.07) is 0. The first kappa shape index (κ1) is 41.7. The van der Waals surface area contributed by atoms with E-state index in [0.717, 1.165) is 56.5 Å². The van der Waals surface area contributed by atoms with Crippen LogP contribution in [0.5, 0.6) is 0 Å². The summed E-state index contributed by atoms with van der Waals surface area (Å²) in [5.74, 6) is 1.81. The molecule has 0 aromatic heterocycles. The number of carbonyl (C=O) groups is 3. The van der Waals surface area contributed by atoms with Crippen molar-refractivity contribution in [2.24, 2.45) is 11.1 Å². The van der Waals surface area contributed by atoms with Gasteiger partial charge in [0.15, 0.2) is 0 Å². The van der Waals surface area contributed by atoms with Gasteiger partial charge in [0.2, 0.25) is 18.2 Å². The fourth-order valence-corrected chi connectivity index (χ4v) is 4.96. The lowest BCUT2D eigenvalue weighted by molar-refractivity contribution is -0.121. The van der Waals surface area contributed by atoms with Crippen LogP contribution < -0.4 is 16.4 Å². The van der Waals surface area contributed by atoms with Crippen molar-refractivity contribution in [1.82, 2.24) is 10.6 Å². The zero-order valence-corrected chi connectivity index (χ0v) is 27.7. The maximum Gasteiger partial charge on any atom is 0.220 e. The molecule has 0 aliphatic carbocycles. The highest BCUT2D eigenvalue weighted by molar-refractivity contribution is 8.76. The van der Waals surface area contributed by atoms with Crippen LogP contribution in [0.15, 0.2) is 66.5 Å². The highest BCUT2D eigenvalue weighted by Gasteiger charge is 2.16. The molecule has 0 spiro atoms. The van der Waals surface area contributed by atoms with E-state index in [2.05, 4.69) is 77.6 Å². The first-order chi connectivity index (χ1) is 20.3. The first-order valence-corrected chi connectivity index (χ1v) is 17.3. The van der Waals surface area contributed by atoms with Crippen molar-refractivity contribution in [3.8, 4) is 0 Å². The van der Waals surface area contributed by atoms with Gasteiger partial charge in [0.25, 0.3) is 0 Å². The van der Waals surface area contributed by atoms with E-state index in [1.165, 1.54) is 0 Å². The first-order valence-electron chi connectivity index (χ1n) is 14.9. The molecule has 0 heterocycles. The van der Waals surface area contributed by atoms with Crippen LogP contribution in [0, 0.1) is 5.41 Å². The summed E-state index contributed by atoms with van der Waals surface area (Å²) in [5, 5.41) is 15.1. The number of hydrogen-bond donors (Lipinski definition) is 4. The van der Waals surface area contributed by atoms with Crippen molar-refractivity contribution < 1.29 is 19.5 Å². The Kier molecular flexibility index (Phi) is 32.8. The smallest absolute Gasteiger partial charge is 0.220 e. The van der Waals surface area contributed by atoms with Crippen molar-refractivity contribution in [3.63, 3.8) is 0 Å². The van der Waals surface area contributed by atoms with Gasteiger partial charge in [-0.1, -0.05) is 91.0 Å². The summed E-state index contributed by atoms with van der Waals surface area (Å²) in [4.78, 5) is 32.3. The van der Waals surface area contributed by atoms with E-state index in [4.69, 9.17) is 4.79 Å². The Hall–Kier alpha value is -2.45. The molecule has 9 heteroatoms. The van der Waals surface area contributed by atoms with Gasteiger partial charge in [-0.15, -0.1) is 5.73 Å². The van der Waals surface area contributed by atoms with Crippen LogP contribution in [0.4, 0.5) is 0 Å². The third-order valence-electron chi connectivity index (χ3n) is 5.51. The van der Waals surface area contributed by atoms with E-state index >= 15 is 0 Å². The predicted molar refractivity (Wildman–Crippen MR) is 183 cm³/mol. The van der Waals surface area contributed by atoms with E-state index in [-0.39, 0.29) is 30.2 Å². The Morgan fingerprint density at radius 2 is 1.29 bits per heavy atom. The normalized spacial score (nSPS) is 11.4. The number of nitrogens with one attached hydrogen (secondary N) is 2. The summed E-state index contributed by atoms with van der Waals surface area (Å²) in [6.45, 7) is 7.60.